The first-order valence-corrected chi connectivity index (χ1v) is 7.29. The van der Waals surface area contributed by atoms with E-state index in [0.29, 0.717) is 0 Å². The molecule has 0 aliphatic rings. The fraction of sp³-hybridized carbons (Fsp3) is 0.412. The van der Waals surface area contributed by atoms with Crippen LogP contribution in [0.15, 0.2) is 18.5 Å². The molecule has 4 heteroatoms. The number of ether oxygens (including phenoxy) is 1. The highest BCUT2D eigenvalue weighted by Crippen LogP contribution is 2.32. The van der Waals surface area contributed by atoms with Crippen molar-refractivity contribution in [2.45, 2.75) is 34.1 Å². The number of hydrogen-bond donors (Lipinski definition) is 1. The van der Waals surface area contributed by atoms with Gasteiger partial charge in [0, 0.05) is 17.7 Å². The Morgan fingerprint density at radius 2 is 1.86 bits per heavy atom. The predicted molar refractivity (Wildman–Crippen MR) is 87.0 cm³/mol. The first-order valence-electron chi connectivity index (χ1n) is 7.29. The summed E-state index contributed by atoms with van der Waals surface area (Å²) >= 11 is 0. The Balaban J connectivity index is 2.49. The molecular weight excluding hydrogens is 262 g/mol. The van der Waals surface area contributed by atoms with Gasteiger partial charge in [-0.3, -0.25) is 0 Å². The molecule has 21 heavy (non-hydrogen) atoms. The summed E-state index contributed by atoms with van der Waals surface area (Å²) in [6, 6.07) is 4.19. The molecule has 0 spiro atoms. The number of nitrogens with one attached hydrogen (secondary N) is 1. The number of anilines is 1. The Morgan fingerprint density at radius 3 is 2.52 bits per heavy atom. The van der Waals surface area contributed by atoms with Gasteiger partial charge in [-0.05, 0) is 50.5 Å². The molecule has 0 aliphatic heterocycles. The third-order valence-corrected chi connectivity index (χ3v) is 3.62. The van der Waals surface area contributed by atoms with Gasteiger partial charge in [0.15, 0.2) is 0 Å². The maximum absolute atomic E-state index is 5.38. The number of benzene rings is 1. The fourth-order valence-electron chi connectivity index (χ4n) is 2.41. The number of aromatic nitrogens is 2. The second-order valence-corrected chi connectivity index (χ2v) is 5.26. The van der Waals surface area contributed by atoms with Crippen LogP contribution < -0.4 is 10.1 Å². The lowest BCUT2D eigenvalue weighted by molar-refractivity contribution is 0.411. The Bertz CT molecular complexity index is 638. The van der Waals surface area contributed by atoms with Crippen LogP contribution in [-0.4, -0.2) is 23.6 Å². The van der Waals surface area contributed by atoms with E-state index in [4.69, 9.17) is 4.74 Å². The molecule has 0 aliphatic carbocycles. The zero-order valence-electron chi connectivity index (χ0n) is 13.4. The topological polar surface area (TPSA) is 47.0 Å². The van der Waals surface area contributed by atoms with Gasteiger partial charge in [0.25, 0.3) is 0 Å². The molecule has 2 aromatic rings. The van der Waals surface area contributed by atoms with Gasteiger partial charge in [-0.1, -0.05) is 6.92 Å². The van der Waals surface area contributed by atoms with E-state index in [2.05, 4.69) is 55.1 Å². The molecule has 1 N–H and O–H groups in total. The highest BCUT2D eigenvalue weighted by Gasteiger charge is 2.13. The lowest BCUT2D eigenvalue weighted by Crippen LogP contribution is -2.06. The van der Waals surface area contributed by atoms with Gasteiger partial charge in [-0.2, -0.15) is 0 Å². The van der Waals surface area contributed by atoms with Crippen LogP contribution in [0.2, 0.25) is 0 Å². The largest absolute Gasteiger partial charge is 0.496 e. The lowest BCUT2D eigenvalue weighted by Gasteiger charge is -2.14. The molecule has 112 valence electrons. The Hall–Kier alpha value is -2.10. The number of aryl methyl sites for hydroxylation is 2. The lowest BCUT2D eigenvalue weighted by atomic mass is 9.99. The molecule has 1 aromatic heterocycles. The molecule has 2 rings (SSSR count). The van der Waals surface area contributed by atoms with Crippen LogP contribution in [0, 0.1) is 20.8 Å². The number of nitrogens with zero attached hydrogens (tertiary/aromatic N) is 2. The van der Waals surface area contributed by atoms with E-state index in [9.17, 15) is 0 Å². The molecule has 0 saturated carbocycles. The summed E-state index contributed by atoms with van der Waals surface area (Å²) in [5, 5.41) is 3.35. The molecule has 4 nitrogen and oxygen atoms in total. The van der Waals surface area contributed by atoms with Crippen molar-refractivity contribution < 1.29 is 4.74 Å². The van der Waals surface area contributed by atoms with E-state index in [1.807, 2.05) is 0 Å². The van der Waals surface area contributed by atoms with Gasteiger partial charge < -0.3 is 10.1 Å². The van der Waals surface area contributed by atoms with Crippen LogP contribution in [-0.2, 0) is 0 Å². The van der Waals surface area contributed by atoms with E-state index in [-0.39, 0.29) is 0 Å². The van der Waals surface area contributed by atoms with Gasteiger partial charge in [0.1, 0.15) is 17.9 Å². The van der Waals surface area contributed by atoms with E-state index in [1.165, 1.54) is 0 Å². The smallest absolute Gasteiger partial charge is 0.132 e. The first-order chi connectivity index (χ1) is 10.1. The zero-order chi connectivity index (χ0) is 15.4. The van der Waals surface area contributed by atoms with Crippen molar-refractivity contribution in [3.05, 3.63) is 35.2 Å². The third-order valence-electron chi connectivity index (χ3n) is 3.62. The Labute approximate surface area is 126 Å². The quantitative estimate of drug-likeness (QED) is 0.905. The van der Waals surface area contributed by atoms with E-state index in [0.717, 1.165) is 52.5 Å². The summed E-state index contributed by atoms with van der Waals surface area (Å²) in [7, 11) is 1.70. The van der Waals surface area contributed by atoms with Gasteiger partial charge >= 0.3 is 0 Å². The molecule has 1 aromatic carbocycles. The summed E-state index contributed by atoms with van der Waals surface area (Å²) < 4.78 is 5.38. The van der Waals surface area contributed by atoms with Gasteiger partial charge in [-0.15, -0.1) is 0 Å². The zero-order valence-corrected chi connectivity index (χ0v) is 13.4. The van der Waals surface area contributed by atoms with E-state index in [1.54, 1.807) is 13.4 Å². The molecule has 0 saturated heterocycles. The standard InChI is InChI=1S/C17H23N3O/c1-6-7-18-17-13(4)16(19-10-20-17)14-8-12(3)15(21-5)9-11(14)2/h8-10H,6-7H2,1-5H3,(H,18,19,20). The van der Waals surface area contributed by atoms with E-state index >= 15 is 0 Å². The van der Waals surface area contributed by atoms with Crippen molar-refractivity contribution in [3.8, 4) is 17.0 Å². The van der Waals surface area contributed by atoms with Crippen molar-refractivity contribution in [2.24, 2.45) is 0 Å². The second-order valence-electron chi connectivity index (χ2n) is 5.26. The van der Waals surface area contributed by atoms with Crippen LogP contribution >= 0.6 is 0 Å². The van der Waals surface area contributed by atoms with Crippen molar-refractivity contribution in [3.63, 3.8) is 0 Å². The van der Waals surface area contributed by atoms with Gasteiger partial charge in [0.05, 0.1) is 12.8 Å². The van der Waals surface area contributed by atoms with Crippen molar-refractivity contribution in [1.82, 2.24) is 9.97 Å². The van der Waals surface area contributed by atoms with Gasteiger partial charge in [-0.25, -0.2) is 9.97 Å². The minimum Gasteiger partial charge on any atom is -0.496 e. The van der Waals surface area contributed by atoms with Crippen molar-refractivity contribution >= 4 is 5.82 Å². The molecule has 0 radical (unpaired) electrons. The highest BCUT2D eigenvalue weighted by molar-refractivity contribution is 5.72. The third kappa shape index (κ3) is 3.15. The first kappa shape index (κ1) is 15.3. The van der Waals surface area contributed by atoms with Crippen LogP contribution in [0.4, 0.5) is 5.82 Å². The minimum atomic E-state index is 0.910. The molecule has 0 fully saturated rings. The summed E-state index contributed by atoms with van der Waals surface area (Å²) in [6.45, 7) is 9.25. The average Bonchev–Trinajstić information content (AvgIpc) is 2.48. The summed E-state index contributed by atoms with van der Waals surface area (Å²) in [5.41, 5.74) is 5.46. The number of rotatable bonds is 5. The monoisotopic (exact) mass is 285 g/mol. The van der Waals surface area contributed by atoms with Crippen LogP contribution in [0.5, 0.6) is 5.75 Å². The molecular formula is C17H23N3O. The SMILES string of the molecule is CCCNc1ncnc(-c2cc(C)c(OC)cc2C)c1C. The number of hydrogen-bond acceptors (Lipinski definition) is 4. The van der Waals surface area contributed by atoms with Crippen molar-refractivity contribution in [1.29, 1.82) is 0 Å². The molecule has 0 amide bonds. The Kier molecular flexibility index (Phi) is 4.78. The summed E-state index contributed by atoms with van der Waals surface area (Å²) in [4.78, 5) is 8.82. The van der Waals surface area contributed by atoms with Crippen LogP contribution in [0.3, 0.4) is 0 Å². The van der Waals surface area contributed by atoms with E-state index < -0.39 is 0 Å². The second kappa shape index (κ2) is 6.57. The average molecular weight is 285 g/mol. The normalized spacial score (nSPS) is 10.5. The molecule has 0 bridgehead atoms. The van der Waals surface area contributed by atoms with Crippen LogP contribution in [0.25, 0.3) is 11.3 Å². The fourth-order valence-corrected chi connectivity index (χ4v) is 2.41. The van der Waals surface area contributed by atoms with Gasteiger partial charge in [0.2, 0.25) is 0 Å². The van der Waals surface area contributed by atoms with Crippen molar-refractivity contribution in [2.75, 3.05) is 19.0 Å². The maximum atomic E-state index is 5.38. The predicted octanol–water partition coefficient (Wildman–Crippen LogP) is 3.90. The minimum absolute atomic E-state index is 0.910. The highest BCUT2D eigenvalue weighted by atomic mass is 16.5. The maximum Gasteiger partial charge on any atom is 0.132 e. The molecule has 1 heterocycles. The number of methoxy groups -OCH3 is 1. The molecule has 0 unspecified atom stereocenters. The molecule has 0 atom stereocenters. The van der Waals surface area contributed by atoms with Crippen LogP contribution in [0.1, 0.15) is 30.0 Å². The Morgan fingerprint density at radius 1 is 1.10 bits per heavy atom. The summed E-state index contributed by atoms with van der Waals surface area (Å²) in [5.74, 6) is 1.82. The summed E-state index contributed by atoms with van der Waals surface area (Å²) in [6.07, 6.45) is 2.69.